The van der Waals surface area contributed by atoms with Crippen LogP contribution >= 0.6 is 0 Å². The van der Waals surface area contributed by atoms with Crippen LogP contribution in [-0.4, -0.2) is 11.4 Å². The summed E-state index contributed by atoms with van der Waals surface area (Å²) in [5.41, 5.74) is 2.01. The maximum absolute atomic E-state index is 9.99. The molecule has 2 rings (SSSR count). The fourth-order valence-corrected chi connectivity index (χ4v) is 1.37. The minimum atomic E-state index is 0.508. The third-order valence-corrected chi connectivity index (χ3v) is 2.03. The molecule has 1 heterocycles. The van der Waals surface area contributed by atoms with Gasteiger partial charge in [0.1, 0.15) is 0 Å². The molecule has 14 heavy (non-hydrogen) atoms. The molecule has 1 aromatic heterocycles. The predicted molar refractivity (Wildman–Crippen MR) is 54.3 cm³/mol. The Balaban J connectivity index is 2.36. The molecule has 0 bridgehead atoms. The number of nitrogens with zero attached hydrogens (tertiary/aromatic N) is 1. The second kappa shape index (κ2) is 3.87. The molecule has 3 nitrogen and oxygen atoms in total. The van der Waals surface area contributed by atoms with Crippen molar-refractivity contribution >= 4 is 17.3 Å². The van der Waals surface area contributed by atoms with E-state index in [9.17, 15) is 4.79 Å². The third-order valence-electron chi connectivity index (χ3n) is 2.03. The molecule has 0 spiro atoms. The van der Waals surface area contributed by atoms with Crippen LogP contribution in [0.2, 0.25) is 0 Å². The first-order chi connectivity index (χ1) is 6.90. The third kappa shape index (κ3) is 1.71. The first-order valence-electron chi connectivity index (χ1n) is 4.34. The van der Waals surface area contributed by atoms with Gasteiger partial charge in [0, 0.05) is 18.1 Å². The van der Waals surface area contributed by atoms with Crippen molar-refractivity contribution in [3.63, 3.8) is 0 Å². The first kappa shape index (κ1) is 8.69. The Bertz CT molecular complexity index is 454. The van der Waals surface area contributed by atoms with Crippen molar-refractivity contribution in [3.8, 4) is 0 Å². The summed E-state index contributed by atoms with van der Waals surface area (Å²) < 4.78 is 0. The smallest absolute Gasteiger partial charge is 0.309 e. The van der Waals surface area contributed by atoms with Crippen molar-refractivity contribution in [2.24, 2.45) is 0 Å². The molecule has 0 fully saturated rings. The standard InChI is InChI=1S/C11H9N2O/c14-8-12-7-9-3-4-11-10(6-9)2-1-5-13-11/h1-6H,7H2,(H,12,14). The Labute approximate surface area is 81.8 Å². The van der Waals surface area contributed by atoms with Gasteiger partial charge in [-0.15, -0.1) is 0 Å². The molecular weight excluding hydrogens is 176 g/mol. The first-order valence-corrected chi connectivity index (χ1v) is 4.34. The van der Waals surface area contributed by atoms with Crippen LogP contribution in [0.15, 0.2) is 36.5 Å². The monoisotopic (exact) mass is 185 g/mol. The second-order valence-corrected chi connectivity index (χ2v) is 2.99. The van der Waals surface area contributed by atoms with E-state index in [1.807, 2.05) is 30.3 Å². The van der Waals surface area contributed by atoms with Gasteiger partial charge in [0.2, 0.25) is 0 Å². The molecule has 0 atom stereocenters. The van der Waals surface area contributed by atoms with Crippen LogP contribution in [0, 0.1) is 0 Å². The number of hydrogen-bond donors (Lipinski definition) is 1. The summed E-state index contributed by atoms with van der Waals surface area (Å²) in [4.78, 5) is 14.2. The van der Waals surface area contributed by atoms with Crippen LogP contribution in [0.1, 0.15) is 5.56 Å². The summed E-state index contributed by atoms with van der Waals surface area (Å²) in [5, 5.41) is 3.58. The van der Waals surface area contributed by atoms with Gasteiger partial charge in [-0.25, -0.2) is 0 Å². The molecule has 3 heteroatoms. The second-order valence-electron chi connectivity index (χ2n) is 2.99. The molecule has 1 radical (unpaired) electrons. The van der Waals surface area contributed by atoms with E-state index in [0.717, 1.165) is 16.5 Å². The van der Waals surface area contributed by atoms with Gasteiger partial charge >= 0.3 is 6.41 Å². The maximum Gasteiger partial charge on any atom is 0.309 e. The van der Waals surface area contributed by atoms with Gasteiger partial charge < -0.3 is 5.32 Å². The van der Waals surface area contributed by atoms with Crippen molar-refractivity contribution in [1.29, 1.82) is 0 Å². The number of nitrogens with one attached hydrogen (secondary N) is 1. The Kier molecular flexibility index (Phi) is 2.40. The van der Waals surface area contributed by atoms with Crippen LogP contribution in [-0.2, 0) is 11.3 Å². The van der Waals surface area contributed by atoms with Gasteiger partial charge in [0.15, 0.2) is 0 Å². The summed E-state index contributed by atoms with van der Waals surface area (Å²) >= 11 is 0. The average molecular weight is 185 g/mol. The highest BCUT2D eigenvalue weighted by Crippen LogP contribution is 2.12. The quantitative estimate of drug-likeness (QED) is 0.734. The van der Waals surface area contributed by atoms with Crippen molar-refractivity contribution in [2.45, 2.75) is 6.54 Å². The van der Waals surface area contributed by atoms with Crippen LogP contribution < -0.4 is 5.32 Å². The van der Waals surface area contributed by atoms with E-state index in [1.165, 1.54) is 0 Å². The Morgan fingerprint density at radius 2 is 2.29 bits per heavy atom. The zero-order valence-electron chi connectivity index (χ0n) is 7.53. The minimum Gasteiger partial charge on any atom is -0.344 e. The number of fused-ring (bicyclic) bond motifs is 1. The number of benzene rings is 1. The number of aromatic nitrogens is 1. The van der Waals surface area contributed by atoms with E-state index in [1.54, 1.807) is 12.6 Å². The van der Waals surface area contributed by atoms with Crippen molar-refractivity contribution in [2.75, 3.05) is 0 Å². The van der Waals surface area contributed by atoms with Gasteiger partial charge in [0.05, 0.1) is 5.52 Å². The largest absolute Gasteiger partial charge is 0.344 e. The van der Waals surface area contributed by atoms with Gasteiger partial charge in [-0.1, -0.05) is 12.1 Å². The van der Waals surface area contributed by atoms with E-state index in [-0.39, 0.29) is 0 Å². The molecule has 2 aromatic rings. The minimum absolute atomic E-state index is 0.508. The summed E-state index contributed by atoms with van der Waals surface area (Å²) in [6, 6.07) is 9.78. The van der Waals surface area contributed by atoms with Crippen molar-refractivity contribution in [1.82, 2.24) is 10.3 Å². The number of carbonyl (C=O) groups excluding carboxylic acids is 1. The maximum atomic E-state index is 9.99. The zero-order valence-corrected chi connectivity index (χ0v) is 7.53. The highest BCUT2D eigenvalue weighted by Gasteiger charge is 1.95. The summed E-state index contributed by atoms with van der Waals surface area (Å²) in [6.07, 6.45) is 3.41. The molecule has 69 valence electrons. The van der Waals surface area contributed by atoms with Crippen LogP contribution in [0.25, 0.3) is 10.9 Å². The van der Waals surface area contributed by atoms with E-state index in [0.29, 0.717) is 6.54 Å². The number of amides is 1. The van der Waals surface area contributed by atoms with E-state index < -0.39 is 0 Å². The van der Waals surface area contributed by atoms with E-state index in [4.69, 9.17) is 0 Å². The Morgan fingerprint density at radius 1 is 1.36 bits per heavy atom. The number of rotatable bonds is 3. The van der Waals surface area contributed by atoms with Gasteiger partial charge in [-0.3, -0.25) is 9.78 Å². The fraction of sp³-hybridized carbons (Fsp3) is 0.0909. The molecule has 1 aromatic carbocycles. The molecule has 0 aliphatic carbocycles. The lowest BCUT2D eigenvalue weighted by molar-refractivity contribution is 0.542. The number of hydrogen-bond acceptors (Lipinski definition) is 2. The summed E-state index contributed by atoms with van der Waals surface area (Å²) in [5.74, 6) is 0. The topological polar surface area (TPSA) is 42.0 Å². The molecule has 0 aliphatic rings. The van der Waals surface area contributed by atoms with Gasteiger partial charge in [-0.05, 0) is 23.8 Å². The highest BCUT2D eigenvalue weighted by molar-refractivity contribution is 5.78. The van der Waals surface area contributed by atoms with Crippen molar-refractivity contribution < 1.29 is 4.79 Å². The van der Waals surface area contributed by atoms with Gasteiger partial charge in [-0.2, -0.15) is 0 Å². The lowest BCUT2D eigenvalue weighted by Crippen LogP contribution is -2.09. The van der Waals surface area contributed by atoms with Crippen LogP contribution in [0.3, 0.4) is 0 Å². The summed E-state index contributed by atoms with van der Waals surface area (Å²) in [7, 11) is 0. The molecular formula is C11H9N2O. The fourth-order valence-electron chi connectivity index (χ4n) is 1.37. The Hall–Kier alpha value is -1.90. The van der Waals surface area contributed by atoms with E-state index in [2.05, 4.69) is 10.3 Å². The number of pyridine rings is 1. The Morgan fingerprint density at radius 3 is 3.14 bits per heavy atom. The molecule has 0 saturated heterocycles. The van der Waals surface area contributed by atoms with Crippen molar-refractivity contribution in [3.05, 3.63) is 42.1 Å². The zero-order chi connectivity index (χ0) is 9.80. The molecule has 0 saturated carbocycles. The summed E-state index contributed by atoms with van der Waals surface area (Å²) in [6.45, 7) is 0.508. The highest BCUT2D eigenvalue weighted by atomic mass is 16.1. The molecule has 1 amide bonds. The van der Waals surface area contributed by atoms with Crippen LogP contribution in [0.4, 0.5) is 0 Å². The van der Waals surface area contributed by atoms with E-state index >= 15 is 0 Å². The predicted octanol–water partition coefficient (Wildman–Crippen LogP) is 1.39. The lowest BCUT2D eigenvalue weighted by Gasteiger charge is -2.01. The molecule has 1 N–H and O–H groups in total. The average Bonchev–Trinajstić information content (AvgIpc) is 2.26. The SMILES string of the molecule is O=[C]NCc1ccc2ncccc2c1. The molecule has 0 aliphatic heterocycles. The normalized spacial score (nSPS) is 10.0. The lowest BCUT2D eigenvalue weighted by atomic mass is 10.1. The van der Waals surface area contributed by atoms with Gasteiger partial charge in [0.25, 0.3) is 0 Å². The molecule has 0 unspecified atom stereocenters. The van der Waals surface area contributed by atoms with Crippen LogP contribution in [0.5, 0.6) is 0 Å².